The predicted molar refractivity (Wildman–Crippen MR) is 118 cm³/mol. The minimum atomic E-state index is 0.429. The van der Waals surface area contributed by atoms with E-state index in [9.17, 15) is 0 Å². The third-order valence-corrected chi connectivity index (χ3v) is 6.02. The molecule has 0 aliphatic heterocycles. The lowest BCUT2D eigenvalue weighted by Crippen LogP contribution is -2.12. The van der Waals surface area contributed by atoms with Gasteiger partial charge in [0.15, 0.2) is 0 Å². The Morgan fingerprint density at radius 3 is 2.46 bits per heavy atom. The minimum absolute atomic E-state index is 0.429. The van der Waals surface area contributed by atoms with E-state index in [-0.39, 0.29) is 0 Å². The van der Waals surface area contributed by atoms with Gasteiger partial charge in [-0.3, -0.25) is 0 Å². The monoisotopic (exact) mass is 392 g/mol. The number of nitrogens with zero attached hydrogens (tertiary/aromatic N) is 4. The molecular formula is C23H28N4S. The summed E-state index contributed by atoms with van der Waals surface area (Å²) >= 11 is 1.65. The van der Waals surface area contributed by atoms with Crippen LogP contribution in [-0.4, -0.2) is 33.5 Å². The standard InChI is InChI=1S/C23H28N4S/c1-16-7-12-21(24-14-16)28-23-22(25-15-27(23)6)20-10-8-19(9-11-20)17(2)13-18(3)26(4)5/h7-12,14-15,17H,3,13H2,1-2,4-6H3. The molecule has 0 N–H and O–H groups in total. The summed E-state index contributed by atoms with van der Waals surface area (Å²) in [6.07, 6.45) is 4.72. The Kier molecular flexibility index (Phi) is 6.25. The fourth-order valence-corrected chi connectivity index (χ4v) is 3.87. The third-order valence-electron chi connectivity index (χ3n) is 4.90. The number of pyridine rings is 1. The summed E-state index contributed by atoms with van der Waals surface area (Å²) in [4.78, 5) is 11.2. The van der Waals surface area contributed by atoms with E-state index < -0.39 is 0 Å². The maximum absolute atomic E-state index is 4.64. The Morgan fingerprint density at radius 1 is 1.14 bits per heavy atom. The SMILES string of the molecule is C=C(CC(C)c1ccc(-c2ncn(C)c2Sc2ccc(C)cn2)cc1)N(C)C. The lowest BCUT2D eigenvalue weighted by Gasteiger charge is -2.20. The molecule has 0 spiro atoms. The van der Waals surface area contributed by atoms with Crippen LogP contribution in [0.25, 0.3) is 11.3 Å². The van der Waals surface area contributed by atoms with E-state index >= 15 is 0 Å². The van der Waals surface area contributed by atoms with E-state index in [2.05, 4.69) is 69.3 Å². The van der Waals surface area contributed by atoms with Gasteiger partial charge in [0, 0.05) is 38.6 Å². The predicted octanol–water partition coefficient (Wildman–Crippen LogP) is 5.51. The lowest BCUT2D eigenvalue weighted by molar-refractivity contribution is 0.474. The molecule has 1 unspecified atom stereocenters. The number of hydrogen-bond donors (Lipinski definition) is 0. The Labute approximate surface area is 172 Å². The molecule has 1 aromatic carbocycles. The number of hydrogen-bond acceptors (Lipinski definition) is 4. The molecule has 0 radical (unpaired) electrons. The molecule has 4 nitrogen and oxygen atoms in total. The first-order chi connectivity index (χ1) is 13.3. The number of benzene rings is 1. The summed E-state index contributed by atoms with van der Waals surface area (Å²) in [5, 5.41) is 2.07. The second-order valence-electron chi connectivity index (χ2n) is 7.47. The largest absolute Gasteiger partial charge is 0.381 e. The average Bonchev–Trinajstić information content (AvgIpc) is 3.04. The zero-order valence-electron chi connectivity index (χ0n) is 17.3. The zero-order valence-corrected chi connectivity index (χ0v) is 18.1. The molecule has 2 heterocycles. The van der Waals surface area contributed by atoms with Crippen LogP contribution in [0, 0.1) is 6.92 Å². The molecule has 146 valence electrons. The molecule has 0 aliphatic rings. The summed E-state index contributed by atoms with van der Waals surface area (Å²) in [5.41, 5.74) is 5.74. The van der Waals surface area contributed by atoms with E-state index in [1.807, 2.05) is 40.6 Å². The van der Waals surface area contributed by atoms with Crippen molar-refractivity contribution < 1.29 is 0 Å². The van der Waals surface area contributed by atoms with Gasteiger partial charge in [0.05, 0.1) is 6.33 Å². The normalized spacial score (nSPS) is 12.0. The molecule has 0 amide bonds. The highest BCUT2D eigenvalue weighted by molar-refractivity contribution is 7.99. The van der Waals surface area contributed by atoms with Gasteiger partial charge in [-0.2, -0.15) is 0 Å². The van der Waals surface area contributed by atoms with Crippen molar-refractivity contribution in [1.82, 2.24) is 19.4 Å². The van der Waals surface area contributed by atoms with Gasteiger partial charge in [0.1, 0.15) is 15.7 Å². The number of allylic oxidation sites excluding steroid dienone is 1. The third kappa shape index (κ3) is 4.65. The van der Waals surface area contributed by atoms with Crippen molar-refractivity contribution in [2.75, 3.05) is 14.1 Å². The first-order valence-electron chi connectivity index (χ1n) is 9.42. The maximum Gasteiger partial charge on any atom is 0.109 e. The van der Waals surface area contributed by atoms with Crippen molar-refractivity contribution >= 4 is 11.8 Å². The van der Waals surface area contributed by atoms with E-state index in [0.29, 0.717) is 5.92 Å². The molecule has 3 rings (SSSR count). The summed E-state index contributed by atoms with van der Waals surface area (Å²) in [5.74, 6) is 0.429. The van der Waals surface area contributed by atoms with Crippen molar-refractivity contribution in [1.29, 1.82) is 0 Å². The van der Waals surface area contributed by atoms with Gasteiger partial charge < -0.3 is 9.47 Å². The second-order valence-corrected chi connectivity index (χ2v) is 8.48. The van der Waals surface area contributed by atoms with Crippen LogP contribution in [0.4, 0.5) is 0 Å². The molecule has 0 saturated carbocycles. The first-order valence-corrected chi connectivity index (χ1v) is 10.2. The number of rotatable bonds is 7. The molecule has 3 aromatic rings. The number of aryl methyl sites for hydroxylation is 2. The van der Waals surface area contributed by atoms with Crippen molar-refractivity contribution in [2.24, 2.45) is 7.05 Å². The Morgan fingerprint density at radius 2 is 1.86 bits per heavy atom. The maximum atomic E-state index is 4.64. The average molecular weight is 393 g/mol. The van der Waals surface area contributed by atoms with Gasteiger partial charge in [-0.1, -0.05) is 43.8 Å². The van der Waals surface area contributed by atoms with Crippen LogP contribution in [-0.2, 0) is 7.05 Å². The fourth-order valence-electron chi connectivity index (χ4n) is 2.97. The van der Waals surface area contributed by atoms with E-state index in [0.717, 1.165) is 39.0 Å². The number of aromatic nitrogens is 3. The van der Waals surface area contributed by atoms with Crippen LogP contribution >= 0.6 is 11.8 Å². The summed E-state index contributed by atoms with van der Waals surface area (Å²) in [7, 11) is 6.11. The molecule has 0 fully saturated rings. The van der Waals surface area contributed by atoms with Crippen LogP contribution < -0.4 is 0 Å². The van der Waals surface area contributed by atoms with Gasteiger partial charge in [0.25, 0.3) is 0 Å². The minimum Gasteiger partial charge on any atom is -0.381 e. The highest BCUT2D eigenvalue weighted by atomic mass is 32.2. The molecule has 28 heavy (non-hydrogen) atoms. The Balaban J connectivity index is 1.81. The summed E-state index contributed by atoms with van der Waals surface area (Å²) < 4.78 is 2.05. The van der Waals surface area contributed by atoms with Crippen molar-refractivity contribution in [3.05, 3.63) is 72.3 Å². The van der Waals surface area contributed by atoms with Gasteiger partial charge in [-0.25, -0.2) is 9.97 Å². The molecule has 0 aliphatic carbocycles. The van der Waals surface area contributed by atoms with Gasteiger partial charge in [-0.05, 0) is 48.2 Å². The van der Waals surface area contributed by atoms with Crippen molar-refractivity contribution in [3.8, 4) is 11.3 Å². The Bertz CT molecular complexity index is 940. The zero-order chi connectivity index (χ0) is 20.3. The van der Waals surface area contributed by atoms with Crippen molar-refractivity contribution in [2.45, 2.75) is 36.2 Å². The van der Waals surface area contributed by atoms with Crippen LogP contribution in [0.15, 0.2) is 71.3 Å². The van der Waals surface area contributed by atoms with E-state index in [1.165, 1.54) is 5.56 Å². The molecule has 1 atom stereocenters. The van der Waals surface area contributed by atoms with Gasteiger partial charge in [-0.15, -0.1) is 0 Å². The smallest absolute Gasteiger partial charge is 0.109 e. The highest BCUT2D eigenvalue weighted by Gasteiger charge is 2.15. The fraction of sp³-hybridized carbons (Fsp3) is 0.304. The Hall–Kier alpha value is -2.53. The van der Waals surface area contributed by atoms with Crippen LogP contribution in [0.2, 0.25) is 0 Å². The molecular weight excluding hydrogens is 364 g/mol. The van der Waals surface area contributed by atoms with Gasteiger partial charge in [0.2, 0.25) is 0 Å². The number of imidazole rings is 1. The molecule has 0 saturated heterocycles. The lowest BCUT2D eigenvalue weighted by atomic mass is 9.95. The highest BCUT2D eigenvalue weighted by Crippen LogP contribution is 2.35. The summed E-state index contributed by atoms with van der Waals surface area (Å²) in [6.45, 7) is 8.44. The van der Waals surface area contributed by atoms with Crippen LogP contribution in [0.3, 0.4) is 0 Å². The van der Waals surface area contributed by atoms with E-state index in [4.69, 9.17) is 0 Å². The first kappa shape index (κ1) is 20.2. The van der Waals surface area contributed by atoms with E-state index in [1.54, 1.807) is 11.8 Å². The van der Waals surface area contributed by atoms with Crippen LogP contribution in [0.1, 0.15) is 30.4 Å². The topological polar surface area (TPSA) is 34.0 Å². The second kappa shape index (κ2) is 8.65. The van der Waals surface area contributed by atoms with Crippen molar-refractivity contribution in [3.63, 3.8) is 0 Å². The molecule has 5 heteroatoms. The molecule has 2 aromatic heterocycles. The quantitative estimate of drug-likeness (QED) is 0.531. The van der Waals surface area contributed by atoms with Crippen LogP contribution in [0.5, 0.6) is 0 Å². The van der Waals surface area contributed by atoms with Gasteiger partial charge >= 0.3 is 0 Å². The summed E-state index contributed by atoms with van der Waals surface area (Å²) in [6, 6.07) is 12.9. The molecule has 0 bridgehead atoms.